The van der Waals surface area contributed by atoms with E-state index >= 15 is 0 Å². The summed E-state index contributed by atoms with van der Waals surface area (Å²) in [6, 6.07) is 5.06. The number of aryl methyl sites for hydroxylation is 1. The Kier molecular flexibility index (Phi) is 7.18. The largest absolute Gasteiger partial charge is 0.493 e. The quantitative estimate of drug-likeness (QED) is 0.640. The van der Waals surface area contributed by atoms with Gasteiger partial charge in [0.15, 0.2) is 11.5 Å². The Balaban J connectivity index is 2.28. The Morgan fingerprint density at radius 1 is 1.00 bits per heavy atom. The van der Waals surface area contributed by atoms with E-state index in [1.807, 2.05) is 0 Å². The van der Waals surface area contributed by atoms with Gasteiger partial charge in [-0.15, -0.1) is 0 Å². The fourth-order valence-corrected chi connectivity index (χ4v) is 2.41. The lowest BCUT2D eigenvalue weighted by atomic mass is 10.2. The molecule has 0 aliphatic heterocycles. The van der Waals surface area contributed by atoms with E-state index < -0.39 is 0 Å². The van der Waals surface area contributed by atoms with Gasteiger partial charge in [-0.25, -0.2) is 9.97 Å². The molecule has 0 unspecified atom stereocenters. The van der Waals surface area contributed by atoms with Crippen molar-refractivity contribution < 1.29 is 23.7 Å². The van der Waals surface area contributed by atoms with Crippen LogP contribution in [0.4, 0.5) is 11.5 Å². The van der Waals surface area contributed by atoms with Crippen molar-refractivity contribution in [2.75, 3.05) is 46.9 Å². The molecule has 2 rings (SSSR count). The highest BCUT2D eigenvalue weighted by Gasteiger charge is 2.15. The zero-order valence-electron chi connectivity index (χ0n) is 16.1. The molecule has 0 atom stereocenters. The van der Waals surface area contributed by atoms with Gasteiger partial charge in [-0.1, -0.05) is 0 Å². The number of nitrogens with zero attached hydrogens (tertiary/aromatic N) is 2. The van der Waals surface area contributed by atoms with Gasteiger partial charge in [-0.3, -0.25) is 4.79 Å². The van der Waals surface area contributed by atoms with Crippen LogP contribution in [0.3, 0.4) is 0 Å². The van der Waals surface area contributed by atoms with Crippen molar-refractivity contribution in [3.8, 4) is 17.2 Å². The summed E-state index contributed by atoms with van der Waals surface area (Å²) >= 11 is 0. The van der Waals surface area contributed by atoms with Crippen molar-refractivity contribution >= 4 is 17.4 Å². The van der Waals surface area contributed by atoms with Gasteiger partial charge in [-0.05, 0) is 6.92 Å². The second kappa shape index (κ2) is 9.58. The predicted molar refractivity (Wildman–Crippen MR) is 100 cm³/mol. The molecule has 0 radical (unpaired) electrons. The molecule has 9 heteroatoms. The number of carbonyl (C=O) groups is 1. The first-order valence-corrected chi connectivity index (χ1v) is 8.22. The minimum atomic E-state index is -0.300. The average molecular weight is 376 g/mol. The summed E-state index contributed by atoms with van der Waals surface area (Å²) < 4.78 is 20.9. The van der Waals surface area contributed by atoms with Gasteiger partial charge >= 0.3 is 0 Å². The summed E-state index contributed by atoms with van der Waals surface area (Å²) in [7, 11) is 6.19. The molecule has 2 N–H and O–H groups in total. The molecular weight excluding hydrogens is 352 g/mol. The Morgan fingerprint density at radius 2 is 1.67 bits per heavy atom. The van der Waals surface area contributed by atoms with Crippen molar-refractivity contribution in [1.82, 2.24) is 15.3 Å². The second-order valence-electron chi connectivity index (χ2n) is 5.47. The van der Waals surface area contributed by atoms with E-state index in [9.17, 15) is 4.79 Å². The molecule has 2 aromatic rings. The number of nitrogens with one attached hydrogen (secondary N) is 2. The molecule has 146 valence electrons. The summed E-state index contributed by atoms with van der Waals surface area (Å²) in [5.41, 5.74) is 0.918. The Bertz CT molecular complexity index is 772. The molecule has 0 aliphatic carbocycles. The van der Waals surface area contributed by atoms with Crippen molar-refractivity contribution in [3.63, 3.8) is 0 Å². The highest BCUT2D eigenvalue weighted by molar-refractivity contribution is 5.93. The first kappa shape index (κ1) is 20.2. The molecule has 1 aromatic heterocycles. The number of methoxy groups -OCH3 is 4. The zero-order chi connectivity index (χ0) is 19.8. The monoisotopic (exact) mass is 376 g/mol. The van der Waals surface area contributed by atoms with Crippen molar-refractivity contribution in [2.45, 2.75) is 6.92 Å². The van der Waals surface area contributed by atoms with Gasteiger partial charge < -0.3 is 29.6 Å². The molecule has 0 saturated heterocycles. The maximum Gasteiger partial charge on any atom is 0.270 e. The summed E-state index contributed by atoms with van der Waals surface area (Å²) in [5, 5.41) is 5.87. The SMILES string of the molecule is COCCNC(=O)c1cc(Nc2cc(OC)c(OC)c(OC)c2)nc(C)n1. The molecule has 0 fully saturated rings. The van der Waals surface area contributed by atoms with Crippen LogP contribution in [-0.4, -0.2) is 57.5 Å². The Hall–Kier alpha value is -3.07. The number of rotatable bonds is 9. The fourth-order valence-electron chi connectivity index (χ4n) is 2.41. The summed E-state index contributed by atoms with van der Waals surface area (Å²) in [6.45, 7) is 2.53. The van der Waals surface area contributed by atoms with Crippen LogP contribution < -0.4 is 24.8 Å². The van der Waals surface area contributed by atoms with Gasteiger partial charge in [0.05, 0.1) is 27.9 Å². The maximum absolute atomic E-state index is 12.2. The van der Waals surface area contributed by atoms with Crippen LogP contribution in [0.2, 0.25) is 0 Å². The molecular formula is C18H24N4O5. The van der Waals surface area contributed by atoms with Crippen molar-refractivity contribution in [1.29, 1.82) is 0 Å². The van der Waals surface area contributed by atoms with E-state index in [0.29, 0.717) is 47.7 Å². The maximum atomic E-state index is 12.2. The highest BCUT2D eigenvalue weighted by Crippen LogP contribution is 2.40. The molecule has 0 spiro atoms. The third kappa shape index (κ3) is 5.20. The standard InChI is InChI=1S/C18H24N4O5/c1-11-20-13(18(23)19-6-7-24-2)10-16(21-11)22-12-8-14(25-3)17(27-5)15(9-12)26-4/h8-10H,6-7H2,1-5H3,(H,19,23)(H,20,21,22). The van der Waals surface area contributed by atoms with E-state index in [1.165, 1.54) is 7.11 Å². The van der Waals surface area contributed by atoms with Gasteiger partial charge in [0.1, 0.15) is 17.3 Å². The molecule has 1 amide bonds. The number of anilines is 2. The van der Waals surface area contributed by atoms with Crippen molar-refractivity contribution in [2.24, 2.45) is 0 Å². The van der Waals surface area contributed by atoms with Gasteiger partial charge in [0.2, 0.25) is 5.75 Å². The second-order valence-corrected chi connectivity index (χ2v) is 5.47. The number of benzene rings is 1. The topological polar surface area (TPSA) is 104 Å². The van der Waals surface area contributed by atoms with Gasteiger partial charge in [-0.2, -0.15) is 0 Å². The normalized spacial score (nSPS) is 10.3. The third-order valence-corrected chi connectivity index (χ3v) is 3.60. The number of carbonyl (C=O) groups excluding carboxylic acids is 1. The van der Waals surface area contributed by atoms with Crippen LogP contribution >= 0.6 is 0 Å². The van der Waals surface area contributed by atoms with Gasteiger partial charge in [0, 0.05) is 37.5 Å². The number of hydrogen-bond donors (Lipinski definition) is 2. The zero-order valence-corrected chi connectivity index (χ0v) is 16.1. The van der Waals surface area contributed by atoms with Crippen LogP contribution in [0.25, 0.3) is 0 Å². The number of ether oxygens (including phenoxy) is 4. The molecule has 0 aliphatic rings. The number of amides is 1. The Labute approximate surface area is 158 Å². The van der Waals surface area contributed by atoms with E-state index in [1.54, 1.807) is 46.5 Å². The summed E-state index contributed by atoms with van der Waals surface area (Å²) in [5.74, 6) is 2.12. The van der Waals surface area contributed by atoms with Crippen LogP contribution in [0.15, 0.2) is 18.2 Å². The summed E-state index contributed by atoms with van der Waals surface area (Å²) in [4.78, 5) is 20.7. The lowest BCUT2D eigenvalue weighted by Crippen LogP contribution is -2.28. The van der Waals surface area contributed by atoms with Crippen LogP contribution in [0.5, 0.6) is 17.2 Å². The minimum absolute atomic E-state index is 0.258. The van der Waals surface area contributed by atoms with E-state index in [0.717, 1.165) is 0 Å². The smallest absolute Gasteiger partial charge is 0.270 e. The highest BCUT2D eigenvalue weighted by atomic mass is 16.5. The molecule has 27 heavy (non-hydrogen) atoms. The van der Waals surface area contributed by atoms with Crippen LogP contribution in [0.1, 0.15) is 16.3 Å². The minimum Gasteiger partial charge on any atom is -0.493 e. The van der Waals surface area contributed by atoms with Crippen LogP contribution in [0, 0.1) is 6.92 Å². The molecule has 0 saturated carbocycles. The van der Waals surface area contributed by atoms with E-state index in [-0.39, 0.29) is 11.6 Å². The van der Waals surface area contributed by atoms with Crippen LogP contribution in [-0.2, 0) is 4.74 Å². The molecule has 1 aromatic carbocycles. The molecule has 9 nitrogen and oxygen atoms in total. The van der Waals surface area contributed by atoms with Crippen molar-refractivity contribution in [3.05, 3.63) is 29.7 Å². The number of hydrogen-bond acceptors (Lipinski definition) is 8. The fraction of sp³-hybridized carbons (Fsp3) is 0.389. The first-order valence-electron chi connectivity index (χ1n) is 8.22. The lowest BCUT2D eigenvalue weighted by molar-refractivity contribution is 0.0931. The predicted octanol–water partition coefficient (Wildman–Crippen LogP) is 1.93. The molecule has 1 heterocycles. The molecule has 0 bridgehead atoms. The van der Waals surface area contributed by atoms with E-state index in [2.05, 4.69) is 20.6 Å². The number of aromatic nitrogens is 2. The first-order chi connectivity index (χ1) is 13.0. The Morgan fingerprint density at radius 3 is 2.22 bits per heavy atom. The lowest BCUT2D eigenvalue weighted by Gasteiger charge is -2.15. The average Bonchev–Trinajstić information content (AvgIpc) is 2.66. The van der Waals surface area contributed by atoms with E-state index in [4.69, 9.17) is 18.9 Å². The third-order valence-electron chi connectivity index (χ3n) is 3.60. The van der Waals surface area contributed by atoms with Gasteiger partial charge in [0.25, 0.3) is 5.91 Å². The summed E-state index contributed by atoms with van der Waals surface area (Å²) in [6.07, 6.45) is 0.